The number of nitrogens with one attached hydrogen (secondary N) is 1. The van der Waals surface area contributed by atoms with E-state index >= 15 is 0 Å². The molecule has 1 aromatic heterocycles. The van der Waals surface area contributed by atoms with Crippen molar-refractivity contribution in [1.29, 1.82) is 0 Å². The Balaban J connectivity index is 1.75. The zero-order chi connectivity index (χ0) is 19.2. The molecule has 0 saturated carbocycles. The summed E-state index contributed by atoms with van der Waals surface area (Å²) in [4.78, 5) is 16.3. The van der Waals surface area contributed by atoms with E-state index in [-0.39, 0.29) is 12.0 Å². The van der Waals surface area contributed by atoms with Crippen molar-refractivity contribution in [2.75, 3.05) is 34.4 Å². The smallest absolute Gasteiger partial charge is 0.258 e. The van der Waals surface area contributed by atoms with Crippen LogP contribution < -0.4 is 14.9 Å². The number of hydrogen-bond donors (Lipinski definition) is 1. The number of ether oxygens (including phenoxy) is 3. The molecular formula is C20H23N3O4. The summed E-state index contributed by atoms with van der Waals surface area (Å²) in [7, 11) is 4.87. The second kappa shape index (κ2) is 8.66. The lowest BCUT2D eigenvalue weighted by Gasteiger charge is -2.37. The monoisotopic (exact) mass is 369 g/mol. The van der Waals surface area contributed by atoms with Gasteiger partial charge in [-0.2, -0.15) is 0 Å². The van der Waals surface area contributed by atoms with Gasteiger partial charge in [-0.05, 0) is 35.4 Å². The molecule has 142 valence electrons. The van der Waals surface area contributed by atoms with E-state index in [1.165, 1.54) is 6.08 Å². The summed E-state index contributed by atoms with van der Waals surface area (Å²) in [5, 5.41) is 1.82. The minimum Gasteiger partial charge on any atom is -0.493 e. The molecule has 0 radical (unpaired) electrons. The van der Waals surface area contributed by atoms with Gasteiger partial charge in [0, 0.05) is 44.2 Å². The van der Waals surface area contributed by atoms with Crippen LogP contribution in [0.25, 0.3) is 17.2 Å². The number of carbonyl (C=O) groups excluding carboxylic acids is 1. The Bertz CT molecular complexity index is 832. The summed E-state index contributed by atoms with van der Waals surface area (Å²) in [5.74, 6) is 1.11. The molecule has 0 aliphatic carbocycles. The maximum absolute atomic E-state index is 12.1. The van der Waals surface area contributed by atoms with Crippen LogP contribution >= 0.6 is 0 Å². The second-order valence-electron chi connectivity index (χ2n) is 6.10. The molecule has 7 heteroatoms. The average molecular weight is 369 g/mol. The van der Waals surface area contributed by atoms with Crippen LogP contribution in [-0.2, 0) is 9.53 Å². The van der Waals surface area contributed by atoms with Crippen molar-refractivity contribution in [3.05, 3.63) is 48.3 Å². The van der Waals surface area contributed by atoms with Crippen LogP contribution in [0.5, 0.6) is 11.5 Å². The van der Waals surface area contributed by atoms with Crippen molar-refractivity contribution >= 4 is 12.0 Å². The van der Waals surface area contributed by atoms with Crippen LogP contribution in [0.1, 0.15) is 5.56 Å². The van der Waals surface area contributed by atoms with Gasteiger partial charge in [0.2, 0.25) is 0 Å². The van der Waals surface area contributed by atoms with Crippen molar-refractivity contribution in [1.82, 2.24) is 15.4 Å². The van der Waals surface area contributed by atoms with Crippen molar-refractivity contribution in [3.63, 3.8) is 0 Å². The molecule has 27 heavy (non-hydrogen) atoms. The molecule has 0 spiro atoms. The van der Waals surface area contributed by atoms with Gasteiger partial charge in [0.1, 0.15) is 0 Å². The van der Waals surface area contributed by atoms with Gasteiger partial charge in [-0.3, -0.25) is 15.2 Å². The molecule has 7 nitrogen and oxygen atoms in total. The molecule has 1 aromatic carbocycles. The van der Waals surface area contributed by atoms with Crippen molar-refractivity contribution in [2.24, 2.45) is 0 Å². The van der Waals surface area contributed by atoms with E-state index < -0.39 is 0 Å². The lowest BCUT2D eigenvalue weighted by molar-refractivity contribution is -0.128. The summed E-state index contributed by atoms with van der Waals surface area (Å²) < 4.78 is 15.8. The van der Waals surface area contributed by atoms with E-state index in [9.17, 15) is 4.79 Å². The molecule has 1 amide bonds. The maximum atomic E-state index is 12.1. The predicted octanol–water partition coefficient (Wildman–Crippen LogP) is 2.14. The molecule has 1 N–H and O–H groups in total. The molecule has 2 heterocycles. The van der Waals surface area contributed by atoms with Gasteiger partial charge in [0.25, 0.3) is 5.91 Å². The minimum absolute atomic E-state index is 0.181. The Morgan fingerprint density at radius 3 is 2.67 bits per heavy atom. The van der Waals surface area contributed by atoms with E-state index in [1.54, 1.807) is 39.8 Å². The maximum Gasteiger partial charge on any atom is 0.258 e. The molecule has 1 aliphatic heterocycles. The van der Waals surface area contributed by atoms with Crippen LogP contribution in [-0.4, -0.2) is 56.4 Å². The molecule has 2 aromatic rings. The number of carbonyl (C=O) groups is 1. The molecule has 0 unspecified atom stereocenters. The molecule has 1 saturated heterocycles. The van der Waals surface area contributed by atoms with Gasteiger partial charge >= 0.3 is 0 Å². The van der Waals surface area contributed by atoms with Crippen molar-refractivity contribution < 1.29 is 19.0 Å². The van der Waals surface area contributed by atoms with Crippen molar-refractivity contribution in [2.45, 2.75) is 6.10 Å². The van der Waals surface area contributed by atoms with Gasteiger partial charge < -0.3 is 14.2 Å². The number of amides is 1. The van der Waals surface area contributed by atoms with E-state index in [1.807, 2.05) is 29.3 Å². The Morgan fingerprint density at radius 2 is 1.96 bits per heavy atom. The van der Waals surface area contributed by atoms with Crippen LogP contribution in [0.2, 0.25) is 0 Å². The van der Waals surface area contributed by atoms with Crippen LogP contribution in [0.15, 0.2) is 42.7 Å². The molecule has 0 bridgehead atoms. The average Bonchev–Trinajstić information content (AvgIpc) is 2.68. The number of pyridine rings is 1. The Labute approximate surface area is 158 Å². The number of aromatic nitrogens is 1. The summed E-state index contributed by atoms with van der Waals surface area (Å²) in [6.07, 6.45) is 6.93. The fraction of sp³-hybridized carbons (Fsp3) is 0.300. The molecule has 1 aliphatic rings. The SMILES string of the molecule is COc1ccc(-c2cnccc2/C=C/C(=O)NN2CC(OC)C2)cc1OC. The zero-order valence-electron chi connectivity index (χ0n) is 15.6. The quantitative estimate of drug-likeness (QED) is 0.754. The Hall–Kier alpha value is -2.90. The third-order valence-electron chi connectivity index (χ3n) is 4.41. The minimum atomic E-state index is -0.181. The fourth-order valence-electron chi connectivity index (χ4n) is 2.83. The lowest BCUT2D eigenvalue weighted by atomic mass is 10.0. The largest absolute Gasteiger partial charge is 0.493 e. The first kappa shape index (κ1) is 18.9. The third kappa shape index (κ3) is 4.45. The van der Waals surface area contributed by atoms with Gasteiger partial charge in [0.05, 0.1) is 20.3 Å². The Kier molecular flexibility index (Phi) is 6.05. The highest BCUT2D eigenvalue weighted by molar-refractivity contribution is 5.92. The van der Waals surface area contributed by atoms with E-state index in [0.717, 1.165) is 16.7 Å². The number of benzene rings is 1. The van der Waals surface area contributed by atoms with Gasteiger partial charge in [0.15, 0.2) is 11.5 Å². The number of nitrogens with zero attached hydrogens (tertiary/aromatic N) is 2. The molecular weight excluding hydrogens is 346 g/mol. The normalized spacial score (nSPS) is 14.8. The summed E-state index contributed by atoms with van der Waals surface area (Å²) >= 11 is 0. The standard InChI is InChI=1S/C20H23N3O4/c1-25-16-12-23(13-16)22-20(24)7-5-14-8-9-21-11-17(14)15-4-6-18(26-2)19(10-15)27-3/h4-11,16H,12-13H2,1-3H3,(H,22,24)/b7-5+. The topological polar surface area (TPSA) is 72.9 Å². The number of hydrazine groups is 1. The highest BCUT2D eigenvalue weighted by atomic mass is 16.5. The first-order chi connectivity index (χ1) is 13.1. The fourth-order valence-corrected chi connectivity index (χ4v) is 2.83. The summed E-state index contributed by atoms with van der Waals surface area (Å²) in [6, 6.07) is 7.52. The van der Waals surface area contributed by atoms with Crippen molar-refractivity contribution in [3.8, 4) is 22.6 Å². The summed E-state index contributed by atoms with van der Waals surface area (Å²) in [6.45, 7) is 1.39. The zero-order valence-corrected chi connectivity index (χ0v) is 15.6. The van der Waals surface area contributed by atoms with Crippen LogP contribution in [0, 0.1) is 0 Å². The molecule has 3 rings (SSSR count). The highest BCUT2D eigenvalue weighted by Crippen LogP contribution is 2.33. The first-order valence-corrected chi connectivity index (χ1v) is 8.57. The van der Waals surface area contributed by atoms with E-state index in [2.05, 4.69) is 10.4 Å². The van der Waals surface area contributed by atoms with E-state index in [0.29, 0.717) is 24.6 Å². The van der Waals surface area contributed by atoms with Gasteiger partial charge in [-0.15, -0.1) is 0 Å². The predicted molar refractivity (Wildman–Crippen MR) is 102 cm³/mol. The second-order valence-corrected chi connectivity index (χ2v) is 6.10. The van der Waals surface area contributed by atoms with Crippen LogP contribution in [0.3, 0.4) is 0 Å². The summed E-state index contributed by atoms with van der Waals surface area (Å²) in [5.41, 5.74) is 5.52. The van der Waals surface area contributed by atoms with Crippen LogP contribution in [0.4, 0.5) is 0 Å². The van der Waals surface area contributed by atoms with Gasteiger partial charge in [-0.25, -0.2) is 5.01 Å². The highest BCUT2D eigenvalue weighted by Gasteiger charge is 2.27. The molecule has 0 atom stereocenters. The molecule has 1 fully saturated rings. The first-order valence-electron chi connectivity index (χ1n) is 8.57. The lowest BCUT2D eigenvalue weighted by Crippen LogP contribution is -2.59. The number of rotatable bonds is 7. The number of hydrogen-bond acceptors (Lipinski definition) is 6. The Morgan fingerprint density at radius 1 is 1.19 bits per heavy atom. The van der Waals surface area contributed by atoms with E-state index in [4.69, 9.17) is 14.2 Å². The third-order valence-corrected chi connectivity index (χ3v) is 4.41. The van der Waals surface area contributed by atoms with Gasteiger partial charge in [-0.1, -0.05) is 6.07 Å². The number of methoxy groups -OCH3 is 3.